The van der Waals surface area contributed by atoms with Crippen molar-refractivity contribution in [2.24, 2.45) is 12.0 Å². The van der Waals surface area contributed by atoms with E-state index in [1.54, 1.807) is 16.9 Å². The van der Waals surface area contributed by atoms with Crippen LogP contribution in [0.25, 0.3) is 0 Å². The van der Waals surface area contributed by atoms with Crippen LogP contribution < -0.4 is 10.6 Å². The Labute approximate surface area is 182 Å². The molecule has 6 nitrogen and oxygen atoms in total. The van der Waals surface area contributed by atoms with E-state index in [0.717, 1.165) is 37.1 Å². The molecule has 27 heavy (non-hydrogen) atoms. The zero-order valence-corrected chi connectivity index (χ0v) is 19.2. The van der Waals surface area contributed by atoms with Crippen LogP contribution in [-0.2, 0) is 20.1 Å². The number of guanidine groups is 1. The van der Waals surface area contributed by atoms with Crippen LogP contribution in [0.15, 0.2) is 34.2 Å². The topological polar surface area (TPSA) is 67.1 Å². The van der Waals surface area contributed by atoms with Crippen molar-refractivity contribution in [3.8, 4) is 0 Å². The van der Waals surface area contributed by atoms with Gasteiger partial charge in [0.1, 0.15) is 12.4 Å². The van der Waals surface area contributed by atoms with Crippen LogP contribution in [0.1, 0.15) is 48.6 Å². The predicted octanol–water partition coefficient (Wildman–Crippen LogP) is 3.93. The molecule has 2 aromatic rings. The lowest BCUT2D eigenvalue weighted by molar-refractivity contribution is 0.664. The summed E-state index contributed by atoms with van der Waals surface area (Å²) in [7, 11) is 1.97. The minimum atomic E-state index is 0. The second-order valence-corrected chi connectivity index (χ2v) is 7.64. The Morgan fingerprint density at radius 2 is 2.19 bits per heavy atom. The summed E-state index contributed by atoms with van der Waals surface area (Å²) >= 11 is 1.75. The Bertz CT molecular complexity index is 750. The second kappa shape index (κ2) is 11.4. The van der Waals surface area contributed by atoms with E-state index in [2.05, 4.69) is 44.4 Å². The standard InChI is InChI=1S/C19H28N6S.HI/c1-15-23-24-18(25(15)2)14-22-19(21-13-17-9-6-12-26-17)20-11-10-16-7-4-3-5-8-16;/h6-7,9,12H,3-5,8,10-11,13-14H2,1-2H3,(H2,20,21,22);1H. The van der Waals surface area contributed by atoms with E-state index in [1.165, 1.54) is 30.6 Å². The maximum absolute atomic E-state index is 4.71. The monoisotopic (exact) mass is 500 g/mol. The zero-order valence-electron chi connectivity index (χ0n) is 16.1. The lowest BCUT2D eigenvalue weighted by atomic mass is 9.97. The number of halogens is 1. The molecular formula is C19H29IN6S. The van der Waals surface area contributed by atoms with Crippen molar-refractivity contribution in [2.75, 3.05) is 6.54 Å². The molecule has 0 spiro atoms. The number of hydrogen-bond acceptors (Lipinski definition) is 4. The summed E-state index contributed by atoms with van der Waals surface area (Å²) in [4.78, 5) is 6.00. The SMILES string of the molecule is Cc1nnc(CN=C(NCCC2=CCCCC2)NCc2cccs2)n1C.I. The summed E-state index contributed by atoms with van der Waals surface area (Å²) in [6, 6.07) is 4.21. The fourth-order valence-corrected chi connectivity index (χ4v) is 3.61. The van der Waals surface area contributed by atoms with E-state index >= 15 is 0 Å². The van der Waals surface area contributed by atoms with Crippen molar-refractivity contribution >= 4 is 41.3 Å². The fourth-order valence-electron chi connectivity index (χ4n) is 2.97. The minimum absolute atomic E-state index is 0. The molecule has 2 N–H and O–H groups in total. The van der Waals surface area contributed by atoms with Gasteiger partial charge in [-0.2, -0.15) is 0 Å². The third-order valence-electron chi connectivity index (χ3n) is 4.70. The van der Waals surface area contributed by atoms with Crippen molar-refractivity contribution in [2.45, 2.75) is 52.1 Å². The summed E-state index contributed by atoms with van der Waals surface area (Å²) in [5.74, 6) is 2.60. The molecule has 0 atom stereocenters. The average Bonchev–Trinajstić information content (AvgIpc) is 3.29. The maximum atomic E-state index is 4.71. The van der Waals surface area contributed by atoms with E-state index in [4.69, 9.17) is 4.99 Å². The van der Waals surface area contributed by atoms with E-state index in [-0.39, 0.29) is 24.0 Å². The van der Waals surface area contributed by atoms with Crippen molar-refractivity contribution in [3.05, 3.63) is 45.7 Å². The molecule has 8 heteroatoms. The van der Waals surface area contributed by atoms with Crippen LogP contribution >= 0.6 is 35.3 Å². The average molecular weight is 500 g/mol. The summed E-state index contributed by atoms with van der Waals surface area (Å²) in [6.07, 6.45) is 8.64. The summed E-state index contributed by atoms with van der Waals surface area (Å²) in [5.41, 5.74) is 1.57. The predicted molar refractivity (Wildman–Crippen MR) is 123 cm³/mol. The van der Waals surface area contributed by atoms with Crippen LogP contribution in [0.3, 0.4) is 0 Å². The molecular weight excluding hydrogens is 471 g/mol. The van der Waals surface area contributed by atoms with Crippen LogP contribution in [0.5, 0.6) is 0 Å². The lowest BCUT2D eigenvalue weighted by Gasteiger charge is -2.15. The normalized spacial score (nSPS) is 14.4. The Morgan fingerprint density at radius 3 is 2.85 bits per heavy atom. The Balaban J connectivity index is 0.00000261. The smallest absolute Gasteiger partial charge is 0.192 e. The molecule has 0 saturated carbocycles. The van der Waals surface area contributed by atoms with Gasteiger partial charge in [0.2, 0.25) is 0 Å². The van der Waals surface area contributed by atoms with Gasteiger partial charge in [-0.25, -0.2) is 4.99 Å². The number of rotatable bonds is 7. The van der Waals surface area contributed by atoms with E-state index in [1.807, 2.05) is 18.5 Å². The highest BCUT2D eigenvalue weighted by atomic mass is 127. The number of hydrogen-bond donors (Lipinski definition) is 2. The summed E-state index contributed by atoms with van der Waals surface area (Å²) in [5, 5.41) is 17.3. The Hall–Kier alpha value is -1.42. The fraction of sp³-hybridized carbons (Fsp3) is 0.526. The number of aryl methyl sites for hydroxylation is 1. The van der Waals surface area contributed by atoms with Crippen LogP contribution in [0, 0.1) is 6.92 Å². The van der Waals surface area contributed by atoms with Gasteiger partial charge in [-0.15, -0.1) is 45.5 Å². The Kier molecular flexibility index (Phi) is 9.26. The van der Waals surface area contributed by atoms with E-state index in [0.29, 0.717) is 6.54 Å². The third-order valence-corrected chi connectivity index (χ3v) is 5.57. The lowest BCUT2D eigenvalue weighted by Crippen LogP contribution is -2.37. The van der Waals surface area contributed by atoms with Gasteiger partial charge in [-0.05, 0) is 50.5 Å². The molecule has 0 saturated heterocycles. The molecule has 0 unspecified atom stereocenters. The molecule has 0 aliphatic heterocycles. The third kappa shape index (κ3) is 6.91. The van der Waals surface area contributed by atoms with Gasteiger partial charge in [0.25, 0.3) is 0 Å². The molecule has 1 aliphatic rings. The molecule has 148 valence electrons. The van der Waals surface area contributed by atoms with Gasteiger partial charge in [-0.1, -0.05) is 17.7 Å². The van der Waals surface area contributed by atoms with Gasteiger partial charge < -0.3 is 15.2 Å². The summed E-state index contributed by atoms with van der Waals surface area (Å²) in [6.45, 7) is 4.15. The highest BCUT2D eigenvalue weighted by molar-refractivity contribution is 14.0. The molecule has 0 radical (unpaired) electrons. The molecule has 0 amide bonds. The quantitative estimate of drug-likeness (QED) is 0.262. The number of nitrogens with one attached hydrogen (secondary N) is 2. The first-order valence-electron chi connectivity index (χ1n) is 9.29. The number of thiophene rings is 1. The first kappa shape index (κ1) is 21.9. The van der Waals surface area contributed by atoms with Crippen molar-refractivity contribution in [1.82, 2.24) is 25.4 Å². The number of nitrogens with zero attached hydrogens (tertiary/aromatic N) is 4. The van der Waals surface area contributed by atoms with Gasteiger partial charge in [0, 0.05) is 18.5 Å². The van der Waals surface area contributed by atoms with Crippen LogP contribution in [0.4, 0.5) is 0 Å². The van der Waals surface area contributed by atoms with E-state index in [9.17, 15) is 0 Å². The van der Waals surface area contributed by atoms with Crippen LogP contribution in [0.2, 0.25) is 0 Å². The van der Waals surface area contributed by atoms with Gasteiger partial charge in [0.05, 0.1) is 6.54 Å². The maximum Gasteiger partial charge on any atom is 0.192 e. The van der Waals surface area contributed by atoms with Gasteiger partial charge in [-0.3, -0.25) is 0 Å². The number of aliphatic imine (C=N–C) groups is 1. The second-order valence-electron chi connectivity index (χ2n) is 6.61. The first-order chi connectivity index (χ1) is 12.7. The molecule has 2 aromatic heterocycles. The number of allylic oxidation sites excluding steroid dienone is 1. The van der Waals surface area contributed by atoms with Crippen molar-refractivity contribution < 1.29 is 0 Å². The minimum Gasteiger partial charge on any atom is -0.356 e. The zero-order chi connectivity index (χ0) is 18.2. The van der Waals surface area contributed by atoms with Gasteiger partial charge in [0.15, 0.2) is 11.8 Å². The molecule has 3 rings (SSSR count). The summed E-state index contributed by atoms with van der Waals surface area (Å²) < 4.78 is 1.98. The molecule has 2 heterocycles. The van der Waals surface area contributed by atoms with Gasteiger partial charge >= 0.3 is 0 Å². The van der Waals surface area contributed by atoms with Crippen molar-refractivity contribution in [1.29, 1.82) is 0 Å². The first-order valence-corrected chi connectivity index (χ1v) is 10.2. The molecule has 1 aliphatic carbocycles. The highest BCUT2D eigenvalue weighted by Crippen LogP contribution is 2.19. The molecule has 0 bridgehead atoms. The van der Waals surface area contributed by atoms with Crippen molar-refractivity contribution in [3.63, 3.8) is 0 Å². The largest absolute Gasteiger partial charge is 0.356 e. The Morgan fingerprint density at radius 1 is 1.30 bits per heavy atom. The number of aromatic nitrogens is 3. The van der Waals surface area contributed by atoms with E-state index < -0.39 is 0 Å². The highest BCUT2D eigenvalue weighted by Gasteiger charge is 2.07. The molecule has 0 aromatic carbocycles. The molecule has 0 fully saturated rings. The van der Waals surface area contributed by atoms with Crippen LogP contribution in [-0.4, -0.2) is 27.3 Å².